The summed E-state index contributed by atoms with van der Waals surface area (Å²) in [5.41, 5.74) is 0. The number of phosphoric ester groups is 1. The Kier molecular flexibility index (Phi) is 58.1. The van der Waals surface area contributed by atoms with Crippen molar-refractivity contribution in [2.45, 2.75) is 302 Å². The molecule has 0 radical (unpaired) electrons. The van der Waals surface area contributed by atoms with Crippen LogP contribution in [0.25, 0.3) is 0 Å². The highest BCUT2D eigenvalue weighted by Gasteiger charge is 2.23. The summed E-state index contributed by atoms with van der Waals surface area (Å²) in [7, 11) is 1.26. The van der Waals surface area contributed by atoms with Crippen LogP contribution in [-0.4, -0.2) is 68.5 Å². The predicted molar refractivity (Wildman–Crippen MR) is 343 cm³/mol. The number of carbonyl (C=O) groups is 1. The van der Waals surface area contributed by atoms with Crippen molar-refractivity contribution in [1.29, 1.82) is 0 Å². The van der Waals surface area contributed by atoms with Gasteiger partial charge in [-0.2, -0.15) is 0 Å². The van der Waals surface area contributed by atoms with Gasteiger partial charge in [-0.15, -0.1) is 0 Å². The number of likely N-dealkylation sites (N-methyl/N-ethyl adjacent to an activating group) is 1. The molecule has 458 valence electrons. The Morgan fingerprint density at radius 2 is 0.772 bits per heavy atom. The molecule has 9 heteroatoms. The number of phosphoric acid groups is 1. The molecule has 1 amide bonds. The van der Waals surface area contributed by atoms with E-state index in [2.05, 4.69) is 104 Å². The van der Waals surface area contributed by atoms with Crippen LogP contribution in [0.15, 0.2) is 97.2 Å². The Balaban J connectivity index is 4.02. The number of aliphatic hydroxyl groups is 1. The van der Waals surface area contributed by atoms with Gasteiger partial charge in [-0.3, -0.25) is 9.36 Å². The van der Waals surface area contributed by atoms with Gasteiger partial charge in [0.25, 0.3) is 7.82 Å². The minimum atomic E-state index is -4.60. The van der Waals surface area contributed by atoms with Crippen molar-refractivity contribution in [2.75, 3.05) is 40.9 Å². The smallest absolute Gasteiger partial charge is 0.268 e. The molecular formula is C70H127N2O6P. The number of nitrogens with one attached hydrogen (secondary N) is 1. The van der Waals surface area contributed by atoms with Crippen molar-refractivity contribution < 1.29 is 32.9 Å². The molecule has 0 saturated heterocycles. The van der Waals surface area contributed by atoms with Crippen molar-refractivity contribution in [3.05, 3.63) is 97.2 Å². The summed E-state index contributed by atoms with van der Waals surface area (Å²) < 4.78 is 23.4. The Morgan fingerprint density at radius 1 is 0.456 bits per heavy atom. The van der Waals surface area contributed by atoms with Crippen LogP contribution in [0, 0.1) is 0 Å². The molecule has 0 saturated carbocycles. The van der Waals surface area contributed by atoms with Gasteiger partial charge in [0.15, 0.2) is 0 Å². The van der Waals surface area contributed by atoms with Gasteiger partial charge in [0, 0.05) is 6.42 Å². The molecule has 3 atom stereocenters. The first-order chi connectivity index (χ1) is 38.5. The number of amides is 1. The van der Waals surface area contributed by atoms with Crippen molar-refractivity contribution >= 4 is 13.7 Å². The SMILES string of the molecule is CC/C=C\C/C=C\C/C=C\C/C=C\C/C=C\C/C=C\C/C=C\CCCCCCCCCCCCCCCCCCCC(=O)NC(COP(=O)([O-])OCC[N+](C)(C)C)C(O)/C=C/CCCCCCCCCCCCCCCCCC. The number of hydrogen-bond acceptors (Lipinski definition) is 6. The first kappa shape index (κ1) is 76.4. The van der Waals surface area contributed by atoms with Crippen LogP contribution in [0.3, 0.4) is 0 Å². The molecule has 0 aromatic rings. The maximum Gasteiger partial charge on any atom is 0.268 e. The molecule has 0 spiro atoms. The summed E-state index contributed by atoms with van der Waals surface area (Å²) in [6, 6.07) is -0.890. The molecule has 0 aliphatic heterocycles. The summed E-state index contributed by atoms with van der Waals surface area (Å²) in [5, 5.41) is 13.9. The molecule has 0 aromatic heterocycles. The van der Waals surface area contributed by atoms with E-state index in [-0.39, 0.29) is 19.1 Å². The highest BCUT2D eigenvalue weighted by atomic mass is 31.2. The number of aliphatic hydroxyl groups excluding tert-OH is 1. The van der Waals surface area contributed by atoms with Gasteiger partial charge in [0.2, 0.25) is 5.91 Å². The Morgan fingerprint density at radius 3 is 1.13 bits per heavy atom. The number of quaternary nitrogens is 1. The summed E-state index contributed by atoms with van der Waals surface area (Å²) in [5.74, 6) is -0.196. The van der Waals surface area contributed by atoms with Gasteiger partial charge < -0.3 is 28.8 Å². The number of hydrogen-bond donors (Lipinski definition) is 2. The van der Waals surface area contributed by atoms with E-state index in [1.165, 1.54) is 186 Å². The quantitative estimate of drug-likeness (QED) is 0.0272. The van der Waals surface area contributed by atoms with Gasteiger partial charge in [0.1, 0.15) is 13.2 Å². The lowest BCUT2D eigenvalue weighted by atomic mass is 10.0. The van der Waals surface area contributed by atoms with Crippen LogP contribution in [0.2, 0.25) is 0 Å². The average Bonchev–Trinajstić information content (AvgIpc) is 3.42. The molecule has 0 bridgehead atoms. The third kappa shape index (κ3) is 62.9. The second-order valence-electron chi connectivity index (χ2n) is 23.4. The highest BCUT2D eigenvalue weighted by Crippen LogP contribution is 2.38. The number of rotatable bonds is 60. The van der Waals surface area contributed by atoms with E-state index in [1.54, 1.807) is 6.08 Å². The van der Waals surface area contributed by atoms with Crippen LogP contribution < -0.4 is 10.2 Å². The number of carbonyl (C=O) groups excluding carboxylic acids is 1. The van der Waals surface area contributed by atoms with Crippen LogP contribution in [-0.2, 0) is 18.4 Å². The van der Waals surface area contributed by atoms with E-state index in [9.17, 15) is 19.4 Å². The highest BCUT2D eigenvalue weighted by molar-refractivity contribution is 7.45. The third-order valence-corrected chi connectivity index (χ3v) is 15.5. The summed E-state index contributed by atoms with van der Waals surface area (Å²) in [6.07, 6.45) is 86.5. The summed E-state index contributed by atoms with van der Waals surface area (Å²) >= 11 is 0. The molecular weight excluding hydrogens is 996 g/mol. The van der Waals surface area contributed by atoms with Crippen LogP contribution >= 0.6 is 7.82 Å². The fraction of sp³-hybridized carbons (Fsp3) is 0.757. The number of nitrogens with zero attached hydrogens (tertiary/aromatic N) is 1. The molecule has 0 aromatic carbocycles. The van der Waals surface area contributed by atoms with Crippen molar-refractivity contribution in [2.24, 2.45) is 0 Å². The average molecular weight is 1120 g/mol. The topological polar surface area (TPSA) is 108 Å². The monoisotopic (exact) mass is 1120 g/mol. The first-order valence-corrected chi connectivity index (χ1v) is 34.6. The minimum Gasteiger partial charge on any atom is -0.756 e. The standard InChI is InChI=1S/C70H127N2O6P/c1-6-8-10-12-14-16-18-20-22-24-26-27-28-29-30-31-32-33-34-35-36-37-38-39-40-41-42-43-44-45-46-48-50-52-54-56-58-60-62-64-70(74)71-68(67-78-79(75,76)77-66-65-72(3,4)5)69(73)63-61-59-57-55-53-51-49-47-25-23-21-19-17-15-13-11-9-7-2/h8,10,14,16,20,22,26-27,29-30,32-33,35-36,61,63,68-69,73H,6-7,9,11-13,15,17-19,21,23-25,28,31,34,37-60,62,64-67H2,1-5H3,(H-,71,74,75,76)/b10-8-,16-14-,22-20-,27-26-,30-29-,33-32-,36-35-,63-61+. The maximum absolute atomic E-state index is 13.0. The van der Waals surface area contributed by atoms with Gasteiger partial charge >= 0.3 is 0 Å². The summed E-state index contributed by atoms with van der Waals surface area (Å²) in [4.78, 5) is 25.6. The fourth-order valence-electron chi connectivity index (χ4n) is 9.43. The lowest BCUT2D eigenvalue weighted by Crippen LogP contribution is -2.45. The Bertz CT molecular complexity index is 1610. The van der Waals surface area contributed by atoms with Crippen LogP contribution in [0.5, 0.6) is 0 Å². The minimum absolute atomic E-state index is 0.00256. The zero-order chi connectivity index (χ0) is 57.7. The van der Waals surface area contributed by atoms with Crippen molar-refractivity contribution in [3.8, 4) is 0 Å². The first-order valence-electron chi connectivity index (χ1n) is 33.1. The Hall–Kier alpha value is -2.58. The second kappa shape index (κ2) is 60.0. The van der Waals surface area contributed by atoms with E-state index in [0.29, 0.717) is 17.4 Å². The lowest BCUT2D eigenvalue weighted by Gasteiger charge is -2.29. The molecule has 3 unspecified atom stereocenters. The van der Waals surface area contributed by atoms with Crippen molar-refractivity contribution in [1.82, 2.24) is 5.32 Å². The predicted octanol–water partition coefficient (Wildman–Crippen LogP) is 20.3. The van der Waals surface area contributed by atoms with E-state index in [0.717, 1.165) is 83.5 Å². The molecule has 0 fully saturated rings. The third-order valence-electron chi connectivity index (χ3n) is 14.5. The normalized spacial score (nSPS) is 14.4. The molecule has 8 nitrogen and oxygen atoms in total. The molecule has 0 aliphatic carbocycles. The Labute approximate surface area is 489 Å². The van der Waals surface area contributed by atoms with Gasteiger partial charge in [0.05, 0.1) is 39.9 Å². The zero-order valence-electron chi connectivity index (χ0n) is 52.3. The molecule has 79 heavy (non-hydrogen) atoms. The van der Waals surface area contributed by atoms with E-state index in [1.807, 2.05) is 27.2 Å². The summed E-state index contributed by atoms with van der Waals surface area (Å²) in [6.45, 7) is 4.56. The largest absolute Gasteiger partial charge is 0.756 e. The molecule has 2 N–H and O–H groups in total. The molecule has 0 rings (SSSR count). The van der Waals surface area contributed by atoms with Gasteiger partial charge in [-0.25, -0.2) is 0 Å². The van der Waals surface area contributed by atoms with E-state index < -0.39 is 20.0 Å². The fourth-order valence-corrected chi connectivity index (χ4v) is 10.2. The van der Waals surface area contributed by atoms with Crippen LogP contribution in [0.1, 0.15) is 290 Å². The maximum atomic E-state index is 13.0. The van der Waals surface area contributed by atoms with Gasteiger partial charge in [-0.1, -0.05) is 304 Å². The van der Waals surface area contributed by atoms with E-state index >= 15 is 0 Å². The zero-order valence-corrected chi connectivity index (χ0v) is 53.2. The number of allylic oxidation sites excluding steroid dienone is 15. The molecule has 0 heterocycles. The number of unbranched alkanes of at least 4 members (excludes halogenated alkanes) is 33. The van der Waals surface area contributed by atoms with E-state index in [4.69, 9.17) is 9.05 Å². The van der Waals surface area contributed by atoms with Crippen LogP contribution in [0.4, 0.5) is 0 Å². The van der Waals surface area contributed by atoms with Crippen molar-refractivity contribution in [3.63, 3.8) is 0 Å². The second-order valence-corrected chi connectivity index (χ2v) is 24.9. The molecule has 0 aliphatic rings. The van der Waals surface area contributed by atoms with Gasteiger partial charge in [-0.05, 0) is 77.0 Å². The lowest BCUT2D eigenvalue weighted by molar-refractivity contribution is -0.870.